The summed E-state index contributed by atoms with van der Waals surface area (Å²) in [6.07, 6.45) is 10.8. The van der Waals surface area contributed by atoms with E-state index >= 15 is 0 Å². The fourth-order valence-corrected chi connectivity index (χ4v) is 3.96. The first kappa shape index (κ1) is 15.0. The lowest BCUT2D eigenvalue weighted by atomic mass is 9.68. The van der Waals surface area contributed by atoms with Crippen molar-refractivity contribution in [3.8, 4) is 11.6 Å². The molecular formula is C23H18N2O. The summed E-state index contributed by atoms with van der Waals surface area (Å²) in [6.45, 7) is 0. The van der Waals surface area contributed by atoms with E-state index in [1.54, 1.807) is 12.5 Å². The van der Waals surface area contributed by atoms with Crippen LogP contribution in [0.2, 0.25) is 0 Å². The smallest absolute Gasteiger partial charge is 0.243 e. The molecule has 0 bridgehead atoms. The van der Waals surface area contributed by atoms with Crippen LogP contribution in [0.5, 0.6) is 0 Å². The standard InChI is InChI=1S/C23H18N2O/c1-3-7-18(8-4-1)23(19-9-5-2-6-10-19)12-11-20-17(15-23)16-25-21(20)22-24-13-14-26-22/h1-14,16,25H,15H2. The maximum absolute atomic E-state index is 5.49. The monoisotopic (exact) mass is 338 g/mol. The molecule has 2 aromatic carbocycles. The number of oxazole rings is 1. The van der Waals surface area contributed by atoms with E-state index in [-0.39, 0.29) is 5.41 Å². The number of rotatable bonds is 3. The van der Waals surface area contributed by atoms with Crippen molar-refractivity contribution >= 4 is 6.08 Å². The van der Waals surface area contributed by atoms with Crippen LogP contribution < -0.4 is 0 Å². The Balaban J connectivity index is 1.67. The molecule has 0 fully saturated rings. The summed E-state index contributed by atoms with van der Waals surface area (Å²) in [5, 5.41) is 0. The van der Waals surface area contributed by atoms with E-state index in [0.717, 1.165) is 17.7 Å². The SMILES string of the molecule is C1=CC(c2ccccc2)(c2ccccc2)Cc2c[nH]c(-c3ncco3)c21. The molecule has 3 heteroatoms. The van der Waals surface area contributed by atoms with Crippen molar-refractivity contribution in [1.82, 2.24) is 9.97 Å². The van der Waals surface area contributed by atoms with Crippen LogP contribution in [0.1, 0.15) is 22.3 Å². The van der Waals surface area contributed by atoms with Crippen molar-refractivity contribution in [3.63, 3.8) is 0 Å². The average Bonchev–Trinajstić information content (AvgIpc) is 3.38. The number of aromatic nitrogens is 2. The number of fused-ring (bicyclic) bond motifs is 1. The second-order valence-corrected chi connectivity index (χ2v) is 6.65. The molecular weight excluding hydrogens is 320 g/mol. The van der Waals surface area contributed by atoms with Crippen LogP contribution in [0, 0.1) is 0 Å². The molecule has 2 aromatic heterocycles. The zero-order chi connectivity index (χ0) is 17.4. The Hall–Kier alpha value is -3.33. The highest BCUT2D eigenvalue weighted by Gasteiger charge is 2.36. The van der Waals surface area contributed by atoms with E-state index in [2.05, 4.69) is 89.0 Å². The quantitative estimate of drug-likeness (QED) is 0.556. The number of H-pyrrole nitrogens is 1. The highest BCUT2D eigenvalue weighted by Crippen LogP contribution is 2.43. The fourth-order valence-electron chi connectivity index (χ4n) is 3.96. The number of benzene rings is 2. The summed E-state index contributed by atoms with van der Waals surface area (Å²) in [4.78, 5) is 7.64. The molecule has 0 aliphatic heterocycles. The molecule has 4 aromatic rings. The summed E-state index contributed by atoms with van der Waals surface area (Å²) < 4.78 is 5.49. The Morgan fingerprint density at radius 1 is 0.923 bits per heavy atom. The van der Waals surface area contributed by atoms with Crippen LogP contribution in [0.15, 0.2) is 89.8 Å². The highest BCUT2D eigenvalue weighted by atomic mass is 16.3. The second-order valence-electron chi connectivity index (χ2n) is 6.65. The van der Waals surface area contributed by atoms with Gasteiger partial charge in [-0.05, 0) is 23.1 Å². The molecule has 0 amide bonds. The summed E-state index contributed by atoms with van der Waals surface area (Å²) in [5.41, 5.74) is 5.80. The molecule has 0 atom stereocenters. The van der Waals surface area contributed by atoms with Gasteiger partial charge in [0.25, 0.3) is 0 Å². The molecule has 0 saturated heterocycles. The first-order chi connectivity index (χ1) is 12.9. The van der Waals surface area contributed by atoms with Crippen molar-refractivity contribution in [2.45, 2.75) is 11.8 Å². The van der Waals surface area contributed by atoms with Crippen molar-refractivity contribution in [3.05, 3.63) is 108 Å². The molecule has 0 saturated carbocycles. The Bertz CT molecular complexity index is 1000. The van der Waals surface area contributed by atoms with Gasteiger partial charge in [0.2, 0.25) is 5.89 Å². The van der Waals surface area contributed by atoms with Crippen LogP contribution in [-0.4, -0.2) is 9.97 Å². The molecule has 0 radical (unpaired) electrons. The van der Waals surface area contributed by atoms with Gasteiger partial charge in [-0.1, -0.05) is 72.8 Å². The topological polar surface area (TPSA) is 41.8 Å². The first-order valence-corrected chi connectivity index (χ1v) is 8.77. The van der Waals surface area contributed by atoms with E-state index in [0.29, 0.717) is 5.89 Å². The van der Waals surface area contributed by atoms with Crippen LogP contribution in [-0.2, 0) is 11.8 Å². The minimum atomic E-state index is -0.175. The predicted molar refractivity (Wildman–Crippen MR) is 103 cm³/mol. The Morgan fingerprint density at radius 2 is 1.62 bits per heavy atom. The van der Waals surface area contributed by atoms with Crippen molar-refractivity contribution in [2.75, 3.05) is 0 Å². The second kappa shape index (κ2) is 5.88. The van der Waals surface area contributed by atoms with Gasteiger partial charge < -0.3 is 9.40 Å². The van der Waals surface area contributed by atoms with Gasteiger partial charge in [-0.15, -0.1) is 0 Å². The molecule has 0 spiro atoms. The van der Waals surface area contributed by atoms with Crippen LogP contribution in [0.25, 0.3) is 17.7 Å². The zero-order valence-corrected chi connectivity index (χ0v) is 14.2. The minimum absolute atomic E-state index is 0.175. The summed E-state index contributed by atoms with van der Waals surface area (Å²) in [5.74, 6) is 0.628. The van der Waals surface area contributed by atoms with Crippen LogP contribution in [0.3, 0.4) is 0 Å². The minimum Gasteiger partial charge on any atom is -0.443 e. The van der Waals surface area contributed by atoms with E-state index in [1.807, 2.05) is 0 Å². The Morgan fingerprint density at radius 3 is 2.23 bits per heavy atom. The largest absolute Gasteiger partial charge is 0.443 e. The average molecular weight is 338 g/mol. The van der Waals surface area contributed by atoms with Gasteiger partial charge in [0.15, 0.2) is 0 Å². The molecule has 0 unspecified atom stereocenters. The Labute approximate surface area is 152 Å². The molecule has 1 aliphatic rings. The van der Waals surface area contributed by atoms with Crippen LogP contribution >= 0.6 is 0 Å². The molecule has 1 N–H and O–H groups in total. The number of hydrogen-bond donors (Lipinski definition) is 1. The third-order valence-corrected chi connectivity index (χ3v) is 5.23. The number of nitrogens with one attached hydrogen (secondary N) is 1. The van der Waals surface area contributed by atoms with Crippen LogP contribution in [0.4, 0.5) is 0 Å². The number of nitrogens with zero attached hydrogens (tertiary/aromatic N) is 1. The fraction of sp³-hybridized carbons (Fsp3) is 0.0870. The lowest BCUT2D eigenvalue weighted by molar-refractivity contribution is 0.572. The normalized spacial score (nSPS) is 14.9. The maximum Gasteiger partial charge on any atom is 0.243 e. The molecule has 26 heavy (non-hydrogen) atoms. The summed E-state index contributed by atoms with van der Waals surface area (Å²) in [7, 11) is 0. The van der Waals surface area contributed by atoms with Crippen molar-refractivity contribution in [1.29, 1.82) is 0 Å². The number of hydrogen-bond acceptors (Lipinski definition) is 2. The van der Waals surface area contributed by atoms with E-state index in [9.17, 15) is 0 Å². The van der Waals surface area contributed by atoms with Gasteiger partial charge in [-0.2, -0.15) is 0 Å². The van der Waals surface area contributed by atoms with Gasteiger partial charge in [-0.3, -0.25) is 0 Å². The van der Waals surface area contributed by atoms with E-state index in [1.165, 1.54) is 16.7 Å². The van der Waals surface area contributed by atoms with Gasteiger partial charge in [0.1, 0.15) is 12.0 Å². The molecule has 2 heterocycles. The molecule has 5 rings (SSSR count). The molecule has 3 nitrogen and oxygen atoms in total. The third-order valence-electron chi connectivity index (χ3n) is 5.23. The van der Waals surface area contributed by atoms with Gasteiger partial charge in [0.05, 0.1) is 6.20 Å². The van der Waals surface area contributed by atoms with E-state index in [4.69, 9.17) is 4.42 Å². The molecule has 126 valence electrons. The maximum atomic E-state index is 5.49. The number of aromatic amines is 1. The first-order valence-electron chi connectivity index (χ1n) is 8.77. The van der Waals surface area contributed by atoms with Gasteiger partial charge in [-0.25, -0.2) is 4.98 Å². The lowest BCUT2D eigenvalue weighted by Gasteiger charge is -2.35. The van der Waals surface area contributed by atoms with Gasteiger partial charge in [0, 0.05) is 17.2 Å². The van der Waals surface area contributed by atoms with Gasteiger partial charge >= 0.3 is 0 Å². The van der Waals surface area contributed by atoms with Crippen molar-refractivity contribution < 1.29 is 4.42 Å². The highest BCUT2D eigenvalue weighted by molar-refractivity contribution is 5.74. The lowest BCUT2D eigenvalue weighted by Crippen LogP contribution is -2.30. The third kappa shape index (κ3) is 2.25. The van der Waals surface area contributed by atoms with E-state index < -0.39 is 0 Å². The zero-order valence-electron chi connectivity index (χ0n) is 14.2. The summed E-state index contributed by atoms with van der Waals surface area (Å²) in [6, 6.07) is 21.4. The predicted octanol–water partition coefficient (Wildman–Crippen LogP) is 5.23. The van der Waals surface area contributed by atoms with Crippen molar-refractivity contribution in [2.24, 2.45) is 0 Å². The Kier molecular flexibility index (Phi) is 3.39. The molecule has 1 aliphatic carbocycles. The summed E-state index contributed by atoms with van der Waals surface area (Å²) >= 11 is 0. The number of allylic oxidation sites excluding steroid dienone is 1.